The maximum absolute atomic E-state index is 12.2. The van der Waals surface area contributed by atoms with Crippen molar-refractivity contribution in [2.24, 2.45) is 11.3 Å². The van der Waals surface area contributed by atoms with E-state index in [1.54, 1.807) is 6.92 Å². The summed E-state index contributed by atoms with van der Waals surface area (Å²) in [6.07, 6.45) is 0.317. The molecule has 0 aromatic carbocycles. The standard InChI is InChI=1S/C14H21NO4S/c1-5-19-13(18)14(12(16)17,6-9(2)3)7-11-15-10(4)8-20-11/h8-9H,5-7H2,1-4H3,(H,16,17). The molecule has 112 valence electrons. The van der Waals surface area contributed by atoms with Gasteiger partial charge in [-0.05, 0) is 26.2 Å². The summed E-state index contributed by atoms with van der Waals surface area (Å²) in [6.45, 7) is 7.47. The van der Waals surface area contributed by atoms with Gasteiger partial charge in [-0.3, -0.25) is 9.59 Å². The van der Waals surface area contributed by atoms with Crippen LogP contribution in [0, 0.1) is 18.3 Å². The van der Waals surface area contributed by atoms with Crippen LogP contribution in [0.2, 0.25) is 0 Å². The van der Waals surface area contributed by atoms with Crippen LogP contribution in [0.25, 0.3) is 0 Å². The minimum atomic E-state index is -1.55. The molecule has 0 amide bonds. The number of esters is 1. The van der Waals surface area contributed by atoms with E-state index in [0.29, 0.717) is 5.01 Å². The number of rotatable bonds is 7. The molecule has 1 heterocycles. The number of carboxylic acids is 1. The average molecular weight is 299 g/mol. The zero-order valence-corrected chi connectivity index (χ0v) is 13.1. The van der Waals surface area contributed by atoms with E-state index in [9.17, 15) is 14.7 Å². The van der Waals surface area contributed by atoms with Crippen LogP contribution in [0.4, 0.5) is 0 Å². The van der Waals surface area contributed by atoms with Gasteiger partial charge in [-0.25, -0.2) is 4.98 Å². The van der Waals surface area contributed by atoms with Crippen molar-refractivity contribution in [3.63, 3.8) is 0 Å². The number of carboxylic acid groups (broad SMARTS) is 1. The lowest BCUT2D eigenvalue weighted by Gasteiger charge is -2.27. The molecule has 5 nitrogen and oxygen atoms in total. The van der Waals surface area contributed by atoms with E-state index in [4.69, 9.17) is 4.74 Å². The molecule has 0 bridgehead atoms. The Morgan fingerprint density at radius 2 is 2.15 bits per heavy atom. The fraction of sp³-hybridized carbons (Fsp3) is 0.643. The Balaban J connectivity index is 3.14. The fourth-order valence-corrected chi connectivity index (χ4v) is 3.07. The number of thiazole rings is 1. The van der Waals surface area contributed by atoms with E-state index < -0.39 is 17.4 Å². The third-order valence-corrected chi connectivity index (χ3v) is 3.92. The lowest BCUT2D eigenvalue weighted by molar-refractivity contribution is -0.170. The molecule has 0 saturated carbocycles. The van der Waals surface area contributed by atoms with Crippen molar-refractivity contribution in [2.45, 2.75) is 40.5 Å². The normalized spacial score (nSPS) is 14.1. The summed E-state index contributed by atoms with van der Waals surface area (Å²) in [5, 5.41) is 12.1. The number of ether oxygens (including phenoxy) is 1. The molecule has 1 aromatic heterocycles. The molecule has 0 aliphatic heterocycles. The quantitative estimate of drug-likeness (QED) is 0.618. The average Bonchev–Trinajstić information content (AvgIpc) is 2.73. The van der Waals surface area contributed by atoms with Crippen molar-refractivity contribution in [3.8, 4) is 0 Å². The van der Waals surface area contributed by atoms with Crippen LogP contribution in [-0.2, 0) is 20.7 Å². The van der Waals surface area contributed by atoms with Crippen LogP contribution in [-0.4, -0.2) is 28.6 Å². The first-order valence-corrected chi connectivity index (χ1v) is 7.51. The lowest BCUT2D eigenvalue weighted by atomic mass is 9.77. The fourth-order valence-electron chi connectivity index (χ4n) is 2.19. The van der Waals surface area contributed by atoms with Gasteiger partial charge in [-0.2, -0.15) is 0 Å². The van der Waals surface area contributed by atoms with Crippen molar-refractivity contribution >= 4 is 23.3 Å². The number of hydrogen-bond acceptors (Lipinski definition) is 5. The van der Waals surface area contributed by atoms with Gasteiger partial charge in [0.15, 0.2) is 5.41 Å². The minimum absolute atomic E-state index is 0.0663. The monoisotopic (exact) mass is 299 g/mol. The summed E-state index contributed by atoms with van der Waals surface area (Å²) >= 11 is 1.37. The van der Waals surface area contributed by atoms with E-state index in [-0.39, 0.29) is 25.4 Å². The zero-order chi connectivity index (χ0) is 15.3. The maximum Gasteiger partial charge on any atom is 0.323 e. The third kappa shape index (κ3) is 3.79. The lowest BCUT2D eigenvalue weighted by Crippen LogP contribution is -2.43. The Morgan fingerprint density at radius 1 is 1.50 bits per heavy atom. The molecule has 6 heteroatoms. The Labute approximate surface area is 123 Å². The highest BCUT2D eigenvalue weighted by atomic mass is 32.1. The highest BCUT2D eigenvalue weighted by Gasteiger charge is 2.48. The van der Waals surface area contributed by atoms with Gasteiger partial charge in [-0.1, -0.05) is 13.8 Å². The first-order chi connectivity index (χ1) is 9.31. The van der Waals surface area contributed by atoms with Crippen molar-refractivity contribution in [2.75, 3.05) is 6.61 Å². The summed E-state index contributed by atoms with van der Waals surface area (Å²) in [6, 6.07) is 0. The van der Waals surface area contributed by atoms with Crippen LogP contribution < -0.4 is 0 Å². The number of aliphatic carboxylic acids is 1. The molecule has 1 rings (SSSR count). The smallest absolute Gasteiger partial charge is 0.323 e. The molecule has 1 aromatic rings. The van der Waals surface area contributed by atoms with Crippen LogP contribution in [0.5, 0.6) is 0 Å². The molecule has 0 aliphatic carbocycles. The predicted molar refractivity (Wildman–Crippen MR) is 76.7 cm³/mol. The highest BCUT2D eigenvalue weighted by Crippen LogP contribution is 2.34. The zero-order valence-electron chi connectivity index (χ0n) is 12.3. The van der Waals surface area contributed by atoms with E-state index in [0.717, 1.165) is 5.69 Å². The summed E-state index contributed by atoms with van der Waals surface area (Å²) in [7, 11) is 0. The number of aryl methyl sites for hydroxylation is 1. The van der Waals surface area contributed by atoms with Gasteiger partial charge in [0, 0.05) is 17.5 Å². The number of carbonyl (C=O) groups excluding carboxylic acids is 1. The summed E-state index contributed by atoms with van der Waals surface area (Å²) in [4.78, 5) is 28.3. The van der Waals surface area contributed by atoms with Gasteiger partial charge < -0.3 is 9.84 Å². The largest absolute Gasteiger partial charge is 0.480 e. The van der Waals surface area contributed by atoms with Crippen LogP contribution in [0.15, 0.2) is 5.38 Å². The van der Waals surface area contributed by atoms with Crippen molar-refractivity contribution in [3.05, 3.63) is 16.1 Å². The number of hydrogen-bond donors (Lipinski definition) is 1. The molecule has 1 N–H and O–H groups in total. The van der Waals surface area contributed by atoms with Gasteiger partial charge in [0.2, 0.25) is 0 Å². The molecule has 0 saturated heterocycles. The van der Waals surface area contributed by atoms with E-state index in [1.165, 1.54) is 11.3 Å². The summed E-state index contributed by atoms with van der Waals surface area (Å²) in [5.74, 6) is -1.75. The Bertz CT molecular complexity index is 483. The second kappa shape index (κ2) is 6.83. The Morgan fingerprint density at radius 3 is 2.55 bits per heavy atom. The number of nitrogens with zero attached hydrogens (tertiary/aromatic N) is 1. The van der Waals surface area contributed by atoms with E-state index >= 15 is 0 Å². The molecule has 0 fully saturated rings. The Hall–Kier alpha value is -1.43. The number of carbonyl (C=O) groups is 2. The topological polar surface area (TPSA) is 76.5 Å². The molecular weight excluding hydrogens is 278 g/mol. The van der Waals surface area contributed by atoms with Gasteiger partial charge in [-0.15, -0.1) is 11.3 Å². The van der Waals surface area contributed by atoms with Gasteiger partial charge in [0.25, 0.3) is 0 Å². The molecule has 0 radical (unpaired) electrons. The Kier molecular flexibility index (Phi) is 5.68. The summed E-state index contributed by atoms with van der Waals surface area (Å²) in [5.41, 5.74) is -0.716. The van der Waals surface area contributed by atoms with Crippen molar-refractivity contribution < 1.29 is 19.4 Å². The second-order valence-electron chi connectivity index (χ2n) is 5.27. The van der Waals surface area contributed by atoms with Crippen LogP contribution in [0.1, 0.15) is 37.9 Å². The third-order valence-electron chi connectivity index (χ3n) is 2.95. The molecular formula is C14H21NO4S. The second-order valence-corrected chi connectivity index (χ2v) is 6.21. The molecule has 1 unspecified atom stereocenters. The van der Waals surface area contributed by atoms with Crippen LogP contribution >= 0.6 is 11.3 Å². The summed E-state index contributed by atoms with van der Waals surface area (Å²) < 4.78 is 5.01. The van der Waals surface area contributed by atoms with Crippen LogP contribution in [0.3, 0.4) is 0 Å². The first-order valence-electron chi connectivity index (χ1n) is 6.63. The number of aromatic nitrogens is 1. The van der Waals surface area contributed by atoms with Gasteiger partial charge in [0.05, 0.1) is 11.6 Å². The van der Waals surface area contributed by atoms with E-state index in [2.05, 4.69) is 4.98 Å². The SMILES string of the molecule is CCOC(=O)C(Cc1nc(C)cs1)(CC(C)C)C(=O)O. The highest BCUT2D eigenvalue weighted by molar-refractivity contribution is 7.09. The van der Waals surface area contributed by atoms with Gasteiger partial charge >= 0.3 is 11.9 Å². The molecule has 1 atom stereocenters. The van der Waals surface area contributed by atoms with Gasteiger partial charge in [0.1, 0.15) is 0 Å². The molecule has 0 spiro atoms. The maximum atomic E-state index is 12.2. The van der Waals surface area contributed by atoms with Crippen molar-refractivity contribution in [1.29, 1.82) is 0 Å². The molecule has 0 aliphatic rings. The van der Waals surface area contributed by atoms with Crippen molar-refractivity contribution in [1.82, 2.24) is 4.98 Å². The minimum Gasteiger partial charge on any atom is -0.480 e. The predicted octanol–water partition coefficient (Wildman–Crippen LogP) is 2.67. The van der Waals surface area contributed by atoms with E-state index in [1.807, 2.05) is 26.2 Å². The first kappa shape index (κ1) is 16.6. The molecule has 20 heavy (non-hydrogen) atoms.